The van der Waals surface area contributed by atoms with Crippen LogP contribution in [0.4, 0.5) is 10.5 Å². The van der Waals surface area contributed by atoms with E-state index in [1.807, 2.05) is 6.92 Å². The van der Waals surface area contributed by atoms with Crippen molar-refractivity contribution in [1.29, 1.82) is 0 Å². The predicted octanol–water partition coefficient (Wildman–Crippen LogP) is 4.98. The second-order valence-electron chi connectivity index (χ2n) is 7.83. The van der Waals surface area contributed by atoms with Gasteiger partial charge in [-0.15, -0.1) is 0 Å². The molecule has 1 aromatic carbocycles. The average molecular weight is 463 g/mol. The van der Waals surface area contributed by atoms with Crippen LogP contribution in [0.2, 0.25) is 5.02 Å². The molecule has 3 amide bonds. The van der Waals surface area contributed by atoms with Crippen LogP contribution in [0.5, 0.6) is 0 Å². The molecule has 0 spiro atoms. The first-order valence-corrected chi connectivity index (χ1v) is 11.6. The number of amides is 3. The normalized spacial score (nSPS) is 11.9. The third-order valence-electron chi connectivity index (χ3n) is 5.33. The first-order chi connectivity index (χ1) is 15.4. The van der Waals surface area contributed by atoms with E-state index in [0.717, 1.165) is 32.5 Å². The van der Waals surface area contributed by atoms with Gasteiger partial charge >= 0.3 is 6.03 Å². The zero-order chi connectivity index (χ0) is 23.3. The van der Waals surface area contributed by atoms with E-state index in [4.69, 9.17) is 16.0 Å². The minimum Gasteiger partial charge on any atom is -0.467 e. The van der Waals surface area contributed by atoms with Gasteiger partial charge in [-0.1, -0.05) is 25.4 Å². The number of carbonyl (C=O) groups excluding carboxylic acids is 2. The van der Waals surface area contributed by atoms with E-state index < -0.39 is 0 Å². The molecular formula is C24H35ClN4O3. The molecule has 2 aromatic rings. The highest BCUT2D eigenvalue weighted by Gasteiger charge is 2.18. The summed E-state index contributed by atoms with van der Waals surface area (Å²) in [6.07, 6.45) is 3.75. The Kier molecular flexibility index (Phi) is 11.1. The molecule has 0 aliphatic carbocycles. The minimum absolute atomic E-state index is 0.0657. The van der Waals surface area contributed by atoms with Crippen LogP contribution in [-0.4, -0.2) is 54.0 Å². The fourth-order valence-corrected chi connectivity index (χ4v) is 3.52. The van der Waals surface area contributed by atoms with Gasteiger partial charge in [-0.3, -0.25) is 4.79 Å². The van der Waals surface area contributed by atoms with E-state index >= 15 is 0 Å². The summed E-state index contributed by atoms with van der Waals surface area (Å²) < 4.78 is 5.39. The van der Waals surface area contributed by atoms with Crippen LogP contribution in [0, 0.1) is 0 Å². The maximum Gasteiger partial charge on any atom is 0.322 e. The number of hydrogen-bond donors (Lipinski definition) is 2. The Bertz CT molecular complexity index is 807. The first-order valence-electron chi connectivity index (χ1n) is 11.3. The van der Waals surface area contributed by atoms with Crippen LogP contribution in [0.3, 0.4) is 0 Å². The zero-order valence-corrected chi connectivity index (χ0v) is 20.0. The molecule has 1 atom stereocenters. The summed E-state index contributed by atoms with van der Waals surface area (Å²) in [5, 5.41) is 6.49. The standard InChI is InChI=1S/C24H35ClN4O3/c1-4-28(5-2)15-6-8-19(3)26-23(30)14-16-29(18-22-9-7-17-32-22)24(31)27-21-12-10-20(25)11-13-21/h7,9-13,17,19H,4-6,8,14-16,18H2,1-3H3,(H,26,30)(H,27,31). The van der Waals surface area contributed by atoms with Crippen LogP contribution >= 0.6 is 11.6 Å². The van der Waals surface area contributed by atoms with Crippen LogP contribution in [0.15, 0.2) is 47.1 Å². The lowest BCUT2D eigenvalue weighted by atomic mass is 10.1. The lowest BCUT2D eigenvalue weighted by Gasteiger charge is -2.23. The number of nitrogens with zero attached hydrogens (tertiary/aromatic N) is 2. The molecule has 8 heteroatoms. The molecular weight excluding hydrogens is 428 g/mol. The quantitative estimate of drug-likeness (QED) is 0.440. The second-order valence-corrected chi connectivity index (χ2v) is 8.26. The van der Waals surface area contributed by atoms with Gasteiger partial charge in [-0.05, 0) is 75.8 Å². The first kappa shape index (κ1) is 25.7. The Labute approximate surface area is 196 Å². The number of furan rings is 1. The number of urea groups is 1. The molecule has 0 aliphatic rings. The molecule has 176 valence electrons. The van der Waals surface area contributed by atoms with Gasteiger partial charge in [0.2, 0.25) is 5.91 Å². The molecule has 32 heavy (non-hydrogen) atoms. The van der Waals surface area contributed by atoms with Crippen molar-refractivity contribution in [3.63, 3.8) is 0 Å². The van der Waals surface area contributed by atoms with Gasteiger partial charge in [-0.2, -0.15) is 0 Å². The summed E-state index contributed by atoms with van der Waals surface area (Å²) in [6, 6.07) is 10.3. The summed E-state index contributed by atoms with van der Waals surface area (Å²) in [7, 11) is 0. The van der Waals surface area contributed by atoms with Crippen molar-refractivity contribution in [3.05, 3.63) is 53.4 Å². The summed E-state index contributed by atoms with van der Waals surface area (Å²) in [6.45, 7) is 10.0. The largest absolute Gasteiger partial charge is 0.467 e. The highest BCUT2D eigenvalue weighted by atomic mass is 35.5. The van der Waals surface area contributed by atoms with Gasteiger partial charge in [0.15, 0.2) is 0 Å². The highest BCUT2D eigenvalue weighted by Crippen LogP contribution is 2.15. The molecule has 0 fully saturated rings. The molecule has 1 unspecified atom stereocenters. The van der Waals surface area contributed by atoms with Crippen molar-refractivity contribution in [1.82, 2.24) is 15.1 Å². The third-order valence-corrected chi connectivity index (χ3v) is 5.58. The van der Waals surface area contributed by atoms with Crippen LogP contribution in [-0.2, 0) is 11.3 Å². The Hall–Kier alpha value is -2.51. The number of nitrogens with one attached hydrogen (secondary N) is 2. The van der Waals surface area contributed by atoms with Crippen molar-refractivity contribution in [2.75, 3.05) is 31.5 Å². The predicted molar refractivity (Wildman–Crippen MR) is 129 cm³/mol. The van der Waals surface area contributed by atoms with E-state index in [9.17, 15) is 9.59 Å². The number of hydrogen-bond acceptors (Lipinski definition) is 4. The van der Waals surface area contributed by atoms with Crippen molar-refractivity contribution in [3.8, 4) is 0 Å². The zero-order valence-electron chi connectivity index (χ0n) is 19.3. The Morgan fingerprint density at radius 3 is 2.44 bits per heavy atom. The van der Waals surface area contributed by atoms with Gasteiger partial charge in [-0.25, -0.2) is 4.79 Å². The number of anilines is 1. The smallest absolute Gasteiger partial charge is 0.322 e. The molecule has 0 radical (unpaired) electrons. The van der Waals surface area contributed by atoms with E-state index in [-0.39, 0.29) is 37.5 Å². The van der Waals surface area contributed by atoms with Crippen LogP contribution in [0.25, 0.3) is 0 Å². The molecule has 1 heterocycles. The Morgan fingerprint density at radius 1 is 1.09 bits per heavy atom. The number of halogens is 1. The number of carbonyl (C=O) groups is 2. The van der Waals surface area contributed by atoms with E-state index in [2.05, 4.69) is 29.4 Å². The Balaban J connectivity index is 1.85. The third kappa shape index (κ3) is 9.32. The molecule has 0 bridgehead atoms. The summed E-state index contributed by atoms with van der Waals surface area (Å²) in [4.78, 5) is 29.2. The molecule has 2 rings (SSSR count). The maximum atomic E-state index is 12.8. The van der Waals surface area contributed by atoms with Crippen molar-refractivity contribution < 1.29 is 14.0 Å². The molecule has 0 saturated heterocycles. The van der Waals surface area contributed by atoms with Gasteiger partial charge < -0.3 is 24.9 Å². The minimum atomic E-state index is -0.302. The second kappa shape index (κ2) is 13.8. The lowest BCUT2D eigenvalue weighted by molar-refractivity contribution is -0.121. The van der Waals surface area contributed by atoms with Gasteiger partial charge in [0, 0.05) is 29.7 Å². The van der Waals surface area contributed by atoms with Gasteiger partial charge in [0.25, 0.3) is 0 Å². The topological polar surface area (TPSA) is 77.8 Å². The van der Waals surface area contributed by atoms with Crippen molar-refractivity contribution in [2.45, 2.75) is 52.6 Å². The fourth-order valence-electron chi connectivity index (χ4n) is 3.40. The maximum absolute atomic E-state index is 12.8. The highest BCUT2D eigenvalue weighted by molar-refractivity contribution is 6.30. The van der Waals surface area contributed by atoms with Gasteiger partial charge in [0.05, 0.1) is 12.8 Å². The summed E-state index contributed by atoms with van der Waals surface area (Å²) in [5.74, 6) is 0.588. The molecule has 2 N–H and O–H groups in total. The van der Waals surface area contributed by atoms with Gasteiger partial charge in [0.1, 0.15) is 5.76 Å². The number of benzene rings is 1. The average Bonchev–Trinajstić information content (AvgIpc) is 3.29. The SMILES string of the molecule is CCN(CC)CCCC(C)NC(=O)CCN(Cc1ccco1)C(=O)Nc1ccc(Cl)cc1. The summed E-state index contributed by atoms with van der Waals surface area (Å²) in [5.41, 5.74) is 0.634. The monoisotopic (exact) mass is 462 g/mol. The van der Waals surface area contributed by atoms with Crippen molar-refractivity contribution >= 4 is 29.2 Å². The molecule has 7 nitrogen and oxygen atoms in total. The molecule has 0 aliphatic heterocycles. The van der Waals surface area contributed by atoms with Crippen LogP contribution < -0.4 is 10.6 Å². The number of rotatable bonds is 13. The van der Waals surface area contributed by atoms with E-state index in [0.29, 0.717) is 16.5 Å². The van der Waals surface area contributed by atoms with Crippen molar-refractivity contribution in [2.24, 2.45) is 0 Å². The Morgan fingerprint density at radius 2 is 1.81 bits per heavy atom. The molecule has 1 aromatic heterocycles. The van der Waals surface area contributed by atoms with E-state index in [1.54, 1.807) is 47.6 Å². The van der Waals surface area contributed by atoms with Crippen LogP contribution in [0.1, 0.15) is 45.8 Å². The fraction of sp³-hybridized carbons (Fsp3) is 0.500. The summed E-state index contributed by atoms with van der Waals surface area (Å²) >= 11 is 5.91. The molecule has 0 saturated carbocycles. The lowest BCUT2D eigenvalue weighted by Crippen LogP contribution is -2.39. The van der Waals surface area contributed by atoms with E-state index in [1.165, 1.54) is 0 Å².